The third-order valence-corrected chi connectivity index (χ3v) is 6.95. The molecule has 1 aromatic carbocycles. The number of benzene rings is 1. The molecule has 0 saturated heterocycles. The second-order valence-corrected chi connectivity index (χ2v) is 9.30. The van der Waals surface area contributed by atoms with Crippen molar-refractivity contribution in [3.63, 3.8) is 0 Å². The first kappa shape index (κ1) is 22.6. The first-order chi connectivity index (χ1) is 14.2. The van der Waals surface area contributed by atoms with Crippen LogP contribution in [-0.2, 0) is 10.0 Å². The van der Waals surface area contributed by atoms with E-state index in [0.717, 1.165) is 0 Å². The molecule has 0 spiro atoms. The number of nitrogens with two attached hydrogens (primary N) is 1. The Hall–Kier alpha value is -2.12. The number of sulfonamides is 1. The van der Waals surface area contributed by atoms with Crippen molar-refractivity contribution in [2.75, 3.05) is 17.6 Å². The maximum Gasteiger partial charge on any atom is 0.264 e. The molecule has 0 aliphatic rings. The van der Waals surface area contributed by atoms with Gasteiger partial charge in [0.05, 0.1) is 29.4 Å². The summed E-state index contributed by atoms with van der Waals surface area (Å²) in [7, 11) is -2.73. The van der Waals surface area contributed by atoms with Crippen LogP contribution in [0.2, 0.25) is 10.0 Å². The lowest BCUT2D eigenvalue weighted by Gasteiger charge is -2.12. The Balaban J connectivity index is 1.76. The summed E-state index contributed by atoms with van der Waals surface area (Å²) in [5.74, 6) is 1.05. The highest BCUT2D eigenvalue weighted by molar-refractivity contribution is 7.99. The summed E-state index contributed by atoms with van der Waals surface area (Å²) in [6.07, 6.45) is 1.39. The van der Waals surface area contributed by atoms with Crippen molar-refractivity contribution < 1.29 is 17.7 Å². The van der Waals surface area contributed by atoms with Crippen LogP contribution >= 0.6 is 35.0 Å². The van der Waals surface area contributed by atoms with Gasteiger partial charge < -0.3 is 15.0 Å². The van der Waals surface area contributed by atoms with Gasteiger partial charge in [0.1, 0.15) is 9.92 Å². The van der Waals surface area contributed by atoms with Crippen LogP contribution in [-0.4, -0.2) is 41.4 Å². The minimum Gasteiger partial charge on any atom is -0.478 e. The summed E-state index contributed by atoms with van der Waals surface area (Å²) in [5.41, 5.74) is 6.02. The number of hydrogen-bond donors (Lipinski definition) is 2. The quantitative estimate of drug-likeness (QED) is 0.451. The lowest BCUT2D eigenvalue weighted by atomic mass is 10.4. The normalized spacial score (nSPS) is 12.6. The van der Waals surface area contributed by atoms with Gasteiger partial charge in [-0.2, -0.15) is 4.98 Å². The molecule has 2 heterocycles. The number of aromatic nitrogens is 4. The van der Waals surface area contributed by atoms with Gasteiger partial charge in [-0.25, -0.2) is 18.4 Å². The zero-order chi connectivity index (χ0) is 21.9. The Labute approximate surface area is 186 Å². The van der Waals surface area contributed by atoms with Crippen LogP contribution in [0.15, 0.2) is 38.8 Å². The molecule has 0 aliphatic heterocycles. The second kappa shape index (κ2) is 9.35. The van der Waals surface area contributed by atoms with Gasteiger partial charge in [-0.1, -0.05) is 34.4 Å². The molecule has 0 fully saturated rings. The molecule has 0 bridgehead atoms. The molecule has 0 amide bonds. The van der Waals surface area contributed by atoms with Gasteiger partial charge in [0, 0.05) is 5.75 Å². The largest absolute Gasteiger partial charge is 0.478 e. The Bertz CT molecular complexity index is 1160. The van der Waals surface area contributed by atoms with E-state index in [0.29, 0.717) is 22.5 Å². The van der Waals surface area contributed by atoms with E-state index in [1.165, 1.54) is 43.3 Å². The van der Waals surface area contributed by atoms with Gasteiger partial charge in [0.25, 0.3) is 15.9 Å². The number of anilines is 1. The third kappa shape index (κ3) is 5.13. The lowest BCUT2D eigenvalue weighted by molar-refractivity contribution is 0.360. The van der Waals surface area contributed by atoms with Crippen LogP contribution in [0.25, 0.3) is 0 Å². The number of nitrogens with zero attached hydrogens (tertiary/aromatic N) is 4. The van der Waals surface area contributed by atoms with Gasteiger partial charge in [0.2, 0.25) is 11.7 Å². The average molecular weight is 491 g/mol. The summed E-state index contributed by atoms with van der Waals surface area (Å²) in [4.78, 5) is 12.2. The topological polar surface area (TPSA) is 146 Å². The standard InChI is InChI=1S/C16H16Cl2N6O4S2/c1-8-21-15(28-23-8)10(19)7-29-12-6-20-14(16(22-12)27-2)24-30(25,26)11-5-3-4-9(17)13(11)18/h3-6,10H,7,19H2,1-2H3,(H,20,24)/t10-/m1/s1. The molecule has 3 rings (SSSR count). The van der Waals surface area contributed by atoms with Crippen molar-refractivity contribution in [2.24, 2.45) is 5.73 Å². The molecule has 0 unspecified atom stereocenters. The van der Waals surface area contributed by atoms with E-state index in [4.69, 9.17) is 38.2 Å². The molecule has 0 radical (unpaired) electrons. The first-order valence-corrected chi connectivity index (χ1v) is 11.5. The molecule has 160 valence electrons. The summed E-state index contributed by atoms with van der Waals surface area (Å²) < 4.78 is 37.9. The fourth-order valence-corrected chi connectivity index (χ4v) is 4.76. The summed E-state index contributed by atoms with van der Waals surface area (Å²) in [6.45, 7) is 1.69. The maximum absolute atomic E-state index is 12.7. The Kier molecular flexibility index (Phi) is 7.03. The van der Waals surface area contributed by atoms with E-state index < -0.39 is 16.1 Å². The van der Waals surface area contributed by atoms with Crippen LogP contribution < -0.4 is 15.2 Å². The van der Waals surface area contributed by atoms with Gasteiger partial charge in [-0.3, -0.25) is 4.72 Å². The highest BCUT2D eigenvalue weighted by Gasteiger charge is 2.23. The fourth-order valence-electron chi connectivity index (χ4n) is 2.22. The van der Waals surface area contributed by atoms with Crippen LogP contribution in [0.1, 0.15) is 17.8 Å². The van der Waals surface area contributed by atoms with Crippen LogP contribution in [0, 0.1) is 6.92 Å². The van der Waals surface area contributed by atoms with Crippen molar-refractivity contribution in [2.45, 2.75) is 22.9 Å². The molecule has 1 atom stereocenters. The molecule has 14 heteroatoms. The number of rotatable bonds is 8. The van der Waals surface area contributed by atoms with Crippen LogP contribution in [0.4, 0.5) is 5.82 Å². The Morgan fingerprint density at radius 1 is 1.33 bits per heavy atom. The van der Waals surface area contributed by atoms with Crippen molar-refractivity contribution in [1.29, 1.82) is 0 Å². The monoisotopic (exact) mass is 490 g/mol. The molecule has 3 aromatic rings. The molecule has 10 nitrogen and oxygen atoms in total. The SMILES string of the molecule is COc1nc(SC[C@@H](N)c2nc(C)no2)cnc1NS(=O)(=O)c1cccc(Cl)c1Cl. The fraction of sp³-hybridized carbons (Fsp3) is 0.250. The van der Waals surface area contributed by atoms with Crippen LogP contribution in [0.3, 0.4) is 0 Å². The molecule has 30 heavy (non-hydrogen) atoms. The predicted octanol–water partition coefficient (Wildman–Crippen LogP) is 3.08. The van der Waals surface area contributed by atoms with E-state index in [2.05, 4.69) is 24.8 Å². The number of aryl methyl sites for hydroxylation is 1. The molecule has 0 saturated carbocycles. The van der Waals surface area contributed by atoms with Crippen molar-refractivity contribution in [3.05, 3.63) is 46.2 Å². The van der Waals surface area contributed by atoms with E-state index in [-0.39, 0.29) is 26.6 Å². The number of hydrogen-bond acceptors (Lipinski definition) is 10. The van der Waals surface area contributed by atoms with E-state index >= 15 is 0 Å². The Morgan fingerprint density at radius 3 is 2.77 bits per heavy atom. The minimum atomic E-state index is -4.07. The average Bonchev–Trinajstić information content (AvgIpc) is 3.15. The van der Waals surface area contributed by atoms with E-state index in [1.54, 1.807) is 6.92 Å². The number of methoxy groups -OCH3 is 1. The second-order valence-electron chi connectivity index (χ2n) is 5.82. The molecular weight excluding hydrogens is 475 g/mol. The predicted molar refractivity (Wildman–Crippen MR) is 113 cm³/mol. The smallest absolute Gasteiger partial charge is 0.264 e. The number of halogens is 2. The van der Waals surface area contributed by atoms with E-state index in [9.17, 15) is 8.42 Å². The number of ether oxygens (including phenoxy) is 1. The number of thioether (sulfide) groups is 1. The van der Waals surface area contributed by atoms with Crippen molar-refractivity contribution >= 4 is 50.8 Å². The Morgan fingerprint density at radius 2 is 2.10 bits per heavy atom. The molecule has 3 N–H and O–H groups in total. The first-order valence-electron chi connectivity index (χ1n) is 8.27. The summed E-state index contributed by atoms with van der Waals surface area (Å²) in [6, 6.07) is 3.77. The van der Waals surface area contributed by atoms with E-state index in [1.807, 2.05) is 0 Å². The maximum atomic E-state index is 12.7. The van der Waals surface area contributed by atoms with Crippen molar-refractivity contribution in [3.8, 4) is 5.88 Å². The van der Waals surface area contributed by atoms with Gasteiger partial charge in [0.15, 0.2) is 5.82 Å². The number of nitrogens with one attached hydrogen (secondary N) is 1. The lowest BCUT2D eigenvalue weighted by Crippen LogP contribution is -2.16. The van der Waals surface area contributed by atoms with Gasteiger partial charge in [-0.05, 0) is 19.1 Å². The highest BCUT2D eigenvalue weighted by Crippen LogP contribution is 2.32. The van der Waals surface area contributed by atoms with Crippen molar-refractivity contribution in [1.82, 2.24) is 20.1 Å². The van der Waals surface area contributed by atoms with Crippen LogP contribution in [0.5, 0.6) is 5.88 Å². The molecular formula is C16H16Cl2N6O4S2. The zero-order valence-corrected chi connectivity index (χ0v) is 18.8. The van der Waals surface area contributed by atoms with Gasteiger partial charge >= 0.3 is 0 Å². The van der Waals surface area contributed by atoms with Gasteiger partial charge in [-0.15, -0.1) is 11.8 Å². The summed E-state index contributed by atoms with van der Waals surface area (Å²) >= 11 is 13.2. The third-order valence-electron chi connectivity index (χ3n) is 3.62. The zero-order valence-electron chi connectivity index (χ0n) is 15.7. The molecule has 2 aromatic heterocycles. The summed E-state index contributed by atoms with van der Waals surface area (Å²) in [5, 5.41) is 4.16. The molecule has 0 aliphatic carbocycles. The highest BCUT2D eigenvalue weighted by atomic mass is 35.5. The minimum absolute atomic E-state index is 0.0241.